The predicted molar refractivity (Wildman–Crippen MR) is 122 cm³/mol. The maximum Gasteiger partial charge on any atom is 0.346 e. The van der Waals surface area contributed by atoms with Crippen molar-refractivity contribution in [3.8, 4) is 0 Å². The third-order valence-corrected chi connectivity index (χ3v) is 7.24. The number of rotatable bonds is 4. The highest BCUT2D eigenvalue weighted by atomic mass is 16.3. The van der Waals surface area contributed by atoms with E-state index in [9.17, 15) is 14.4 Å². The summed E-state index contributed by atoms with van der Waals surface area (Å²) in [5, 5.41) is 5.03. The SMILES string of the molecule is Cc1nn(CC(=O)N2CCCC(C3CCN(C(=O)c4coc5ccccc45)C3)C2)c(=O)n1C. The number of amides is 2. The lowest BCUT2D eigenvalue weighted by Crippen LogP contribution is -2.45. The minimum absolute atomic E-state index is 0.0103. The van der Waals surface area contributed by atoms with Gasteiger partial charge in [-0.25, -0.2) is 9.48 Å². The number of aromatic nitrogens is 3. The zero-order valence-electron chi connectivity index (χ0n) is 19.1. The molecule has 2 unspecified atom stereocenters. The Morgan fingerprint density at radius 2 is 1.85 bits per heavy atom. The van der Waals surface area contributed by atoms with Gasteiger partial charge in [0.25, 0.3) is 5.91 Å². The molecule has 174 valence electrons. The Hall–Kier alpha value is -3.36. The Balaban J connectivity index is 1.22. The second-order valence-corrected chi connectivity index (χ2v) is 9.23. The predicted octanol–water partition coefficient (Wildman–Crippen LogP) is 2.04. The Kier molecular flexibility index (Phi) is 5.55. The lowest BCUT2D eigenvalue weighted by atomic mass is 9.85. The number of nitrogens with zero attached hydrogens (tertiary/aromatic N) is 5. The maximum atomic E-state index is 13.1. The molecule has 0 N–H and O–H groups in total. The molecule has 33 heavy (non-hydrogen) atoms. The number of likely N-dealkylation sites (tertiary alicyclic amines) is 2. The van der Waals surface area contributed by atoms with Gasteiger partial charge in [-0.1, -0.05) is 18.2 Å². The van der Waals surface area contributed by atoms with Crippen LogP contribution in [0.2, 0.25) is 0 Å². The van der Waals surface area contributed by atoms with Crippen molar-refractivity contribution in [3.05, 3.63) is 52.4 Å². The molecule has 2 fully saturated rings. The fraction of sp³-hybridized carbons (Fsp3) is 0.500. The van der Waals surface area contributed by atoms with Gasteiger partial charge in [0.15, 0.2) is 0 Å². The number of fused-ring (bicyclic) bond motifs is 1. The van der Waals surface area contributed by atoms with E-state index in [1.54, 1.807) is 20.2 Å². The van der Waals surface area contributed by atoms with Gasteiger partial charge in [-0.3, -0.25) is 14.2 Å². The van der Waals surface area contributed by atoms with E-state index in [2.05, 4.69) is 5.10 Å². The quantitative estimate of drug-likeness (QED) is 0.605. The van der Waals surface area contributed by atoms with Crippen LogP contribution in [0.1, 0.15) is 35.4 Å². The smallest absolute Gasteiger partial charge is 0.346 e. The summed E-state index contributed by atoms with van der Waals surface area (Å²) in [5.74, 6) is 1.24. The Morgan fingerprint density at radius 1 is 1.09 bits per heavy atom. The third kappa shape index (κ3) is 3.96. The van der Waals surface area contributed by atoms with E-state index in [4.69, 9.17) is 4.42 Å². The van der Waals surface area contributed by atoms with E-state index in [1.165, 1.54) is 9.25 Å². The van der Waals surface area contributed by atoms with E-state index in [1.807, 2.05) is 34.1 Å². The monoisotopic (exact) mass is 451 g/mol. The van der Waals surface area contributed by atoms with Crippen LogP contribution in [0.15, 0.2) is 39.7 Å². The van der Waals surface area contributed by atoms with Gasteiger partial charge in [-0.2, -0.15) is 5.10 Å². The number of furan rings is 1. The number of carbonyl (C=O) groups excluding carboxylic acids is 2. The summed E-state index contributed by atoms with van der Waals surface area (Å²) in [7, 11) is 1.65. The summed E-state index contributed by atoms with van der Waals surface area (Å²) in [6.45, 7) is 4.50. The molecule has 2 atom stereocenters. The van der Waals surface area contributed by atoms with E-state index in [0.717, 1.165) is 36.8 Å². The van der Waals surface area contributed by atoms with Crippen molar-refractivity contribution in [1.29, 1.82) is 0 Å². The zero-order valence-corrected chi connectivity index (χ0v) is 19.1. The molecule has 0 radical (unpaired) electrons. The highest BCUT2D eigenvalue weighted by molar-refractivity contribution is 6.05. The van der Waals surface area contributed by atoms with Gasteiger partial charge >= 0.3 is 5.69 Å². The summed E-state index contributed by atoms with van der Waals surface area (Å²) >= 11 is 0. The molecular formula is C24H29N5O4. The van der Waals surface area contributed by atoms with Crippen LogP contribution in [0.4, 0.5) is 0 Å². The van der Waals surface area contributed by atoms with Crippen LogP contribution in [0.5, 0.6) is 0 Å². The molecule has 2 aliphatic heterocycles. The average Bonchev–Trinajstić information content (AvgIpc) is 3.54. The molecule has 2 amide bonds. The van der Waals surface area contributed by atoms with Crippen LogP contribution in [-0.2, 0) is 18.4 Å². The van der Waals surface area contributed by atoms with Crippen molar-refractivity contribution < 1.29 is 14.0 Å². The third-order valence-electron chi connectivity index (χ3n) is 7.24. The second-order valence-electron chi connectivity index (χ2n) is 9.23. The fourth-order valence-electron chi connectivity index (χ4n) is 5.22. The molecule has 1 aromatic carbocycles. The van der Waals surface area contributed by atoms with Crippen molar-refractivity contribution in [3.63, 3.8) is 0 Å². The van der Waals surface area contributed by atoms with Crippen molar-refractivity contribution in [2.45, 2.75) is 32.7 Å². The number of aryl methyl sites for hydroxylation is 1. The molecule has 0 bridgehead atoms. The topological polar surface area (TPSA) is 93.6 Å². The molecule has 9 nitrogen and oxygen atoms in total. The molecular weight excluding hydrogens is 422 g/mol. The maximum absolute atomic E-state index is 13.1. The van der Waals surface area contributed by atoms with Crippen molar-refractivity contribution >= 4 is 22.8 Å². The first kappa shape index (κ1) is 21.5. The summed E-state index contributed by atoms with van der Waals surface area (Å²) in [4.78, 5) is 42.0. The first-order valence-electron chi connectivity index (χ1n) is 11.6. The molecule has 4 heterocycles. The van der Waals surface area contributed by atoms with E-state index in [0.29, 0.717) is 42.9 Å². The summed E-state index contributed by atoms with van der Waals surface area (Å²) in [6, 6.07) is 7.59. The van der Waals surface area contributed by atoms with Gasteiger partial charge in [0.2, 0.25) is 5.91 Å². The van der Waals surface area contributed by atoms with Crippen molar-refractivity contribution in [2.24, 2.45) is 18.9 Å². The average molecular weight is 452 g/mol. The Bertz CT molecular complexity index is 1260. The number of carbonyl (C=O) groups is 2. The first-order chi connectivity index (χ1) is 15.9. The Labute approximate surface area is 191 Å². The normalized spacial score (nSPS) is 21.2. The molecule has 3 aromatic rings. The van der Waals surface area contributed by atoms with Gasteiger partial charge in [0, 0.05) is 38.6 Å². The second kappa shape index (κ2) is 8.53. The van der Waals surface area contributed by atoms with Crippen LogP contribution in [0.25, 0.3) is 11.0 Å². The molecule has 0 aliphatic carbocycles. The number of piperidine rings is 1. The molecule has 0 spiro atoms. The van der Waals surface area contributed by atoms with Crippen molar-refractivity contribution in [1.82, 2.24) is 24.1 Å². The van der Waals surface area contributed by atoms with Crippen LogP contribution in [0, 0.1) is 18.8 Å². The molecule has 0 saturated carbocycles. The lowest BCUT2D eigenvalue weighted by Gasteiger charge is -2.35. The zero-order chi connectivity index (χ0) is 23.1. The molecule has 5 rings (SSSR count). The van der Waals surface area contributed by atoms with E-state index in [-0.39, 0.29) is 24.0 Å². The van der Waals surface area contributed by atoms with Crippen LogP contribution >= 0.6 is 0 Å². The lowest BCUT2D eigenvalue weighted by molar-refractivity contribution is -0.134. The number of hydrogen-bond acceptors (Lipinski definition) is 5. The molecule has 2 aromatic heterocycles. The van der Waals surface area contributed by atoms with Gasteiger partial charge in [0.05, 0.1) is 5.56 Å². The van der Waals surface area contributed by atoms with E-state index < -0.39 is 0 Å². The molecule has 2 aliphatic rings. The summed E-state index contributed by atoms with van der Waals surface area (Å²) in [5.41, 5.74) is 1.06. The highest BCUT2D eigenvalue weighted by Crippen LogP contribution is 2.32. The first-order valence-corrected chi connectivity index (χ1v) is 11.6. The van der Waals surface area contributed by atoms with Gasteiger partial charge < -0.3 is 14.2 Å². The van der Waals surface area contributed by atoms with Crippen LogP contribution < -0.4 is 5.69 Å². The van der Waals surface area contributed by atoms with Crippen LogP contribution in [0.3, 0.4) is 0 Å². The minimum Gasteiger partial charge on any atom is -0.463 e. The summed E-state index contributed by atoms with van der Waals surface area (Å²) < 4.78 is 8.24. The standard InChI is InChI=1S/C24H29N5O4/c1-16-25-29(24(32)26(16)2)14-22(30)27-10-5-6-17(12-27)18-9-11-28(13-18)23(31)20-15-33-21-8-4-3-7-19(20)21/h3-4,7-8,15,17-18H,5-6,9-14H2,1-2H3. The largest absolute Gasteiger partial charge is 0.463 e. The minimum atomic E-state index is -0.272. The van der Waals surface area contributed by atoms with Crippen molar-refractivity contribution in [2.75, 3.05) is 26.2 Å². The van der Waals surface area contributed by atoms with Gasteiger partial charge in [-0.15, -0.1) is 0 Å². The fourth-order valence-corrected chi connectivity index (χ4v) is 5.22. The summed E-state index contributed by atoms with van der Waals surface area (Å²) in [6.07, 6.45) is 4.48. The number of hydrogen-bond donors (Lipinski definition) is 0. The van der Waals surface area contributed by atoms with Gasteiger partial charge in [0.1, 0.15) is 24.2 Å². The number of benzene rings is 1. The molecule has 2 saturated heterocycles. The number of para-hydroxylation sites is 1. The molecule has 9 heteroatoms. The Morgan fingerprint density at radius 3 is 2.64 bits per heavy atom. The van der Waals surface area contributed by atoms with Gasteiger partial charge in [-0.05, 0) is 44.1 Å². The highest BCUT2D eigenvalue weighted by Gasteiger charge is 2.36. The van der Waals surface area contributed by atoms with Crippen LogP contribution in [-0.4, -0.2) is 62.1 Å². The van der Waals surface area contributed by atoms with E-state index >= 15 is 0 Å².